The normalized spacial score (nSPS) is 15.3. The molecule has 0 spiro atoms. The first-order valence-electron chi connectivity index (χ1n) is 8.05. The minimum absolute atomic E-state index is 0.232. The van der Waals surface area contributed by atoms with E-state index in [1.807, 2.05) is 40.1 Å². The number of carbonyl (C=O) groups is 1. The molecule has 0 bridgehead atoms. The van der Waals surface area contributed by atoms with Crippen molar-refractivity contribution in [2.45, 2.75) is 20.3 Å². The molecule has 2 aromatic rings. The summed E-state index contributed by atoms with van der Waals surface area (Å²) in [6.07, 6.45) is 0.610. The molecule has 1 aromatic heterocycles. The van der Waals surface area contributed by atoms with Gasteiger partial charge in [0.25, 0.3) is 0 Å². The number of hydrogen-bond acceptors (Lipinski definition) is 5. The fourth-order valence-electron chi connectivity index (χ4n) is 2.67. The third-order valence-electron chi connectivity index (χ3n) is 3.92. The summed E-state index contributed by atoms with van der Waals surface area (Å²) in [7, 11) is 0. The van der Waals surface area contributed by atoms with E-state index in [0.717, 1.165) is 18.7 Å². The second-order valence-corrected chi connectivity index (χ2v) is 6.22. The molecule has 0 atom stereocenters. The van der Waals surface area contributed by atoms with E-state index in [2.05, 4.69) is 24.0 Å². The summed E-state index contributed by atoms with van der Waals surface area (Å²) in [5.41, 5.74) is 0.914. The van der Waals surface area contributed by atoms with E-state index in [-0.39, 0.29) is 5.91 Å². The van der Waals surface area contributed by atoms with Crippen molar-refractivity contribution in [2.24, 2.45) is 5.92 Å². The molecule has 3 rings (SSSR count). The van der Waals surface area contributed by atoms with Gasteiger partial charge in [0.1, 0.15) is 0 Å². The number of anilines is 1. The maximum atomic E-state index is 12.1. The topological polar surface area (TPSA) is 62.5 Å². The lowest BCUT2D eigenvalue weighted by Crippen LogP contribution is -2.49. The highest BCUT2D eigenvalue weighted by molar-refractivity contribution is 5.76. The molecule has 2 heterocycles. The second-order valence-electron chi connectivity index (χ2n) is 6.22. The Morgan fingerprint density at radius 3 is 2.48 bits per heavy atom. The highest BCUT2D eigenvalue weighted by atomic mass is 16.4. The molecule has 0 saturated carbocycles. The Labute approximate surface area is 136 Å². The summed E-state index contributed by atoms with van der Waals surface area (Å²) in [6, 6.07) is 10.3. The van der Waals surface area contributed by atoms with Crippen LogP contribution in [0.3, 0.4) is 0 Å². The van der Waals surface area contributed by atoms with Gasteiger partial charge in [-0.15, -0.1) is 5.10 Å². The van der Waals surface area contributed by atoms with Crippen molar-refractivity contribution in [3.63, 3.8) is 0 Å². The maximum absolute atomic E-state index is 12.1. The van der Waals surface area contributed by atoms with Crippen LogP contribution in [0.2, 0.25) is 0 Å². The Kier molecular flexibility index (Phi) is 4.60. The van der Waals surface area contributed by atoms with Gasteiger partial charge in [-0.3, -0.25) is 4.79 Å². The van der Waals surface area contributed by atoms with E-state index in [1.54, 1.807) is 0 Å². The third-order valence-corrected chi connectivity index (χ3v) is 3.92. The van der Waals surface area contributed by atoms with E-state index < -0.39 is 0 Å². The third kappa shape index (κ3) is 3.70. The lowest BCUT2D eigenvalue weighted by Gasteiger charge is -2.34. The Morgan fingerprint density at radius 1 is 1.13 bits per heavy atom. The molecular weight excluding hydrogens is 292 g/mol. The van der Waals surface area contributed by atoms with Crippen LogP contribution in [-0.2, 0) is 4.79 Å². The van der Waals surface area contributed by atoms with Gasteiger partial charge < -0.3 is 14.2 Å². The standard InChI is InChI=1S/C17H22N4O2/c1-13(2)12-15(22)20-8-10-21(11-9-20)17-19-18-16(23-17)14-6-4-3-5-7-14/h3-7,13H,8-12H2,1-2H3. The molecule has 0 radical (unpaired) electrons. The van der Waals surface area contributed by atoms with E-state index >= 15 is 0 Å². The summed E-state index contributed by atoms with van der Waals surface area (Å²) in [5, 5.41) is 8.26. The average Bonchev–Trinajstić information content (AvgIpc) is 3.05. The van der Waals surface area contributed by atoms with Gasteiger partial charge in [0, 0.05) is 38.2 Å². The van der Waals surface area contributed by atoms with Crippen molar-refractivity contribution in [1.82, 2.24) is 15.1 Å². The molecule has 1 saturated heterocycles. The van der Waals surface area contributed by atoms with Crippen molar-refractivity contribution in [2.75, 3.05) is 31.1 Å². The molecule has 122 valence electrons. The number of hydrogen-bond donors (Lipinski definition) is 0. The smallest absolute Gasteiger partial charge is 0.318 e. The largest absolute Gasteiger partial charge is 0.403 e. The minimum Gasteiger partial charge on any atom is -0.403 e. The SMILES string of the molecule is CC(C)CC(=O)N1CCN(c2nnc(-c3ccccc3)o2)CC1. The Bertz CT molecular complexity index is 646. The van der Waals surface area contributed by atoms with Gasteiger partial charge in [0.15, 0.2) is 0 Å². The quantitative estimate of drug-likeness (QED) is 0.867. The van der Waals surface area contributed by atoms with Crippen molar-refractivity contribution in [3.05, 3.63) is 30.3 Å². The fourth-order valence-corrected chi connectivity index (χ4v) is 2.67. The maximum Gasteiger partial charge on any atom is 0.318 e. The number of nitrogens with zero attached hydrogens (tertiary/aromatic N) is 4. The lowest BCUT2D eigenvalue weighted by molar-refractivity contribution is -0.132. The van der Waals surface area contributed by atoms with Crippen LogP contribution in [0.1, 0.15) is 20.3 Å². The van der Waals surface area contributed by atoms with Crippen LogP contribution in [0.5, 0.6) is 0 Å². The Hall–Kier alpha value is -2.37. The molecule has 0 unspecified atom stereocenters. The summed E-state index contributed by atoms with van der Waals surface area (Å²) >= 11 is 0. The van der Waals surface area contributed by atoms with Crippen LogP contribution >= 0.6 is 0 Å². The number of carbonyl (C=O) groups excluding carboxylic acids is 1. The second kappa shape index (κ2) is 6.81. The van der Waals surface area contributed by atoms with Gasteiger partial charge >= 0.3 is 6.01 Å². The molecule has 23 heavy (non-hydrogen) atoms. The van der Waals surface area contributed by atoms with E-state index in [4.69, 9.17) is 4.42 Å². The van der Waals surface area contributed by atoms with Gasteiger partial charge in [-0.05, 0) is 18.1 Å². The summed E-state index contributed by atoms with van der Waals surface area (Å²) in [5.74, 6) is 1.15. The van der Waals surface area contributed by atoms with Crippen molar-refractivity contribution < 1.29 is 9.21 Å². The molecule has 0 aliphatic carbocycles. The van der Waals surface area contributed by atoms with E-state index in [0.29, 0.717) is 37.3 Å². The first-order chi connectivity index (χ1) is 11.1. The predicted octanol–water partition coefficient (Wildman–Crippen LogP) is 2.43. The minimum atomic E-state index is 0.232. The van der Waals surface area contributed by atoms with Crippen LogP contribution < -0.4 is 4.90 Å². The van der Waals surface area contributed by atoms with Crippen LogP contribution in [0, 0.1) is 5.92 Å². The summed E-state index contributed by atoms with van der Waals surface area (Å²) in [4.78, 5) is 16.1. The number of rotatable bonds is 4. The monoisotopic (exact) mass is 314 g/mol. The zero-order valence-electron chi connectivity index (χ0n) is 13.6. The van der Waals surface area contributed by atoms with Gasteiger partial charge in [-0.25, -0.2) is 0 Å². The molecule has 1 fully saturated rings. The first-order valence-corrected chi connectivity index (χ1v) is 8.05. The summed E-state index contributed by atoms with van der Waals surface area (Å²) in [6.45, 7) is 6.99. The van der Waals surface area contributed by atoms with E-state index in [1.165, 1.54) is 0 Å². The molecule has 0 N–H and O–H groups in total. The van der Waals surface area contributed by atoms with Crippen molar-refractivity contribution in [3.8, 4) is 11.5 Å². The molecule has 1 aliphatic rings. The van der Waals surface area contributed by atoms with Gasteiger partial charge in [-0.2, -0.15) is 0 Å². The number of benzene rings is 1. The first kappa shape index (κ1) is 15.5. The average molecular weight is 314 g/mol. The zero-order valence-corrected chi connectivity index (χ0v) is 13.6. The molecule has 6 heteroatoms. The number of aromatic nitrogens is 2. The number of piperazine rings is 1. The van der Waals surface area contributed by atoms with E-state index in [9.17, 15) is 4.79 Å². The van der Waals surface area contributed by atoms with Crippen molar-refractivity contribution in [1.29, 1.82) is 0 Å². The molecule has 1 aromatic carbocycles. The lowest BCUT2D eigenvalue weighted by atomic mass is 10.1. The van der Waals surface area contributed by atoms with Gasteiger partial charge in [0.05, 0.1) is 0 Å². The van der Waals surface area contributed by atoms with Gasteiger partial charge in [0.2, 0.25) is 11.8 Å². The van der Waals surface area contributed by atoms with Crippen LogP contribution in [0.4, 0.5) is 6.01 Å². The fraction of sp³-hybridized carbons (Fsp3) is 0.471. The highest BCUT2D eigenvalue weighted by Crippen LogP contribution is 2.22. The molecular formula is C17H22N4O2. The van der Waals surface area contributed by atoms with Gasteiger partial charge in [-0.1, -0.05) is 37.1 Å². The summed E-state index contributed by atoms with van der Waals surface area (Å²) < 4.78 is 5.77. The molecule has 1 aliphatic heterocycles. The van der Waals surface area contributed by atoms with Crippen LogP contribution in [-0.4, -0.2) is 47.2 Å². The van der Waals surface area contributed by atoms with Crippen molar-refractivity contribution >= 4 is 11.9 Å². The predicted molar refractivity (Wildman–Crippen MR) is 88.0 cm³/mol. The zero-order chi connectivity index (χ0) is 16.2. The van der Waals surface area contributed by atoms with Crippen LogP contribution in [0.25, 0.3) is 11.5 Å². The highest BCUT2D eigenvalue weighted by Gasteiger charge is 2.24. The molecule has 1 amide bonds. The molecule has 6 nitrogen and oxygen atoms in total. The Morgan fingerprint density at radius 2 is 1.83 bits per heavy atom. The van der Waals surface area contributed by atoms with Crippen LogP contribution in [0.15, 0.2) is 34.7 Å². The Balaban J connectivity index is 1.60. The number of amides is 1.